The van der Waals surface area contributed by atoms with Gasteiger partial charge in [0.1, 0.15) is 5.39 Å². The van der Waals surface area contributed by atoms with Gasteiger partial charge in [0.25, 0.3) is 5.56 Å². The number of hydrogen-bond acceptors (Lipinski definition) is 6. The normalized spacial score (nSPS) is 19.2. The lowest BCUT2D eigenvalue weighted by molar-refractivity contribution is -0.133. The van der Waals surface area contributed by atoms with Crippen LogP contribution in [0.15, 0.2) is 40.4 Å². The molecular weight excluding hydrogens is 412 g/mol. The molecule has 9 heteroatoms. The van der Waals surface area contributed by atoms with E-state index in [-0.39, 0.29) is 17.5 Å². The van der Waals surface area contributed by atoms with Crippen molar-refractivity contribution in [1.29, 1.82) is 0 Å². The number of benzene rings is 1. The average Bonchev–Trinajstić information content (AvgIpc) is 3.39. The van der Waals surface area contributed by atoms with E-state index in [9.17, 15) is 9.59 Å². The zero-order valence-corrected chi connectivity index (χ0v) is 18.6. The van der Waals surface area contributed by atoms with Crippen LogP contribution in [0.25, 0.3) is 16.7 Å². The number of thioether (sulfide) groups is 1. The van der Waals surface area contributed by atoms with Crippen LogP contribution in [0.3, 0.4) is 0 Å². The zero-order valence-electron chi connectivity index (χ0n) is 17.8. The van der Waals surface area contributed by atoms with Gasteiger partial charge in [0, 0.05) is 38.4 Å². The summed E-state index contributed by atoms with van der Waals surface area (Å²) in [6.07, 6.45) is 1.93. The minimum absolute atomic E-state index is 0.113. The molecule has 2 aromatic heterocycles. The molecule has 0 radical (unpaired) electrons. The fraction of sp³-hybridized carbons (Fsp3) is 0.455. The van der Waals surface area contributed by atoms with Crippen LogP contribution in [0, 0.1) is 6.92 Å². The maximum Gasteiger partial charge on any atom is 0.265 e. The number of aryl methyl sites for hydroxylation is 1. The van der Waals surface area contributed by atoms with Gasteiger partial charge in [-0.15, -0.1) is 0 Å². The Hall–Kier alpha value is -2.65. The summed E-state index contributed by atoms with van der Waals surface area (Å²) in [5, 5.41) is 5.59. The summed E-state index contributed by atoms with van der Waals surface area (Å²) < 4.78 is 3.42. The van der Waals surface area contributed by atoms with Crippen molar-refractivity contribution in [1.82, 2.24) is 29.1 Å². The van der Waals surface area contributed by atoms with Gasteiger partial charge in [-0.2, -0.15) is 5.10 Å². The fourth-order valence-electron chi connectivity index (χ4n) is 4.37. The Balaban J connectivity index is 1.42. The van der Waals surface area contributed by atoms with Gasteiger partial charge >= 0.3 is 0 Å². The highest BCUT2D eigenvalue weighted by atomic mass is 32.2. The van der Waals surface area contributed by atoms with E-state index in [1.54, 1.807) is 15.4 Å². The maximum atomic E-state index is 13.3. The van der Waals surface area contributed by atoms with Crippen molar-refractivity contribution < 1.29 is 4.79 Å². The predicted molar refractivity (Wildman–Crippen MR) is 121 cm³/mol. The highest BCUT2D eigenvalue weighted by molar-refractivity contribution is 7.99. The molecule has 2 aliphatic rings. The lowest BCUT2D eigenvalue weighted by Gasteiger charge is -2.34. The highest BCUT2D eigenvalue weighted by Crippen LogP contribution is 2.33. The maximum absolute atomic E-state index is 13.3. The first kappa shape index (κ1) is 20.3. The predicted octanol–water partition coefficient (Wildman–Crippen LogP) is 2.09. The lowest BCUT2D eigenvalue weighted by Crippen LogP contribution is -2.49. The van der Waals surface area contributed by atoms with Crippen molar-refractivity contribution >= 4 is 28.7 Å². The van der Waals surface area contributed by atoms with Gasteiger partial charge in [-0.05, 0) is 31.2 Å². The third kappa shape index (κ3) is 3.65. The van der Waals surface area contributed by atoms with E-state index in [2.05, 4.69) is 16.9 Å². The quantitative estimate of drug-likeness (QED) is 0.581. The monoisotopic (exact) mass is 438 g/mol. The van der Waals surface area contributed by atoms with Crippen LogP contribution in [-0.4, -0.2) is 73.5 Å². The standard InChI is InChI=1S/C22H26N6O2S/c1-3-25-7-9-26(10-8-25)19(29)12-17-14-31-22-24-20-18(21(30)27(17)22)13-23-28(20)16-6-4-5-15(2)11-16/h4-6,11,13,17H,3,7-10,12,14H2,1-2H3/t17-/m0/s1. The first-order chi connectivity index (χ1) is 15.0. The smallest absolute Gasteiger partial charge is 0.265 e. The van der Waals surface area contributed by atoms with Crippen molar-refractivity contribution in [2.45, 2.75) is 31.5 Å². The third-order valence-corrected chi connectivity index (χ3v) is 7.30. The Bertz CT molecular complexity index is 1190. The van der Waals surface area contributed by atoms with Crippen molar-refractivity contribution in [3.05, 3.63) is 46.4 Å². The Labute approximate surface area is 184 Å². The summed E-state index contributed by atoms with van der Waals surface area (Å²) in [6.45, 7) is 8.53. The first-order valence-electron chi connectivity index (χ1n) is 10.8. The van der Waals surface area contributed by atoms with Crippen LogP contribution in [-0.2, 0) is 4.79 Å². The van der Waals surface area contributed by atoms with Crippen LogP contribution in [0.2, 0.25) is 0 Å². The molecule has 1 saturated heterocycles. The van der Waals surface area contributed by atoms with Crippen molar-refractivity contribution in [3.8, 4) is 5.69 Å². The van der Waals surface area contributed by atoms with Gasteiger partial charge in [0.2, 0.25) is 5.91 Å². The summed E-state index contributed by atoms with van der Waals surface area (Å²) in [5.74, 6) is 0.810. The van der Waals surface area contributed by atoms with Crippen LogP contribution in [0.1, 0.15) is 24.9 Å². The molecule has 1 atom stereocenters. The molecule has 0 bridgehead atoms. The van der Waals surface area contributed by atoms with Gasteiger partial charge in [0.15, 0.2) is 10.8 Å². The molecule has 0 unspecified atom stereocenters. The van der Waals surface area contributed by atoms with E-state index in [0.29, 0.717) is 28.4 Å². The molecule has 1 aromatic carbocycles. The number of nitrogens with zero attached hydrogens (tertiary/aromatic N) is 6. The third-order valence-electron chi connectivity index (χ3n) is 6.20. The van der Waals surface area contributed by atoms with E-state index >= 15 is 0 Å². The van der Waals surface area contributed by atoms with Crippen molar-refractivity contribution in [2.75, 3.05) is 38.5 Å². The molecule has 1 fully saturated rings. The average molecular weight is 439 g/mol. The number of aromatic nitrogens is 4. The number of likely N-dealkylation sites (N-methyl/N-ethyl adjacent to an activating group) is 1. The van der Waals surface area contributed by atoms with E-state index in [0.717, 1.165) is 44.0 Å². The second-order valence-corrected chi connectivity index (χ2v) is 9.17. The van der Waals surface area contributed by atoms with Gasteiger partial charge in [0.05, 0.1) is 17.9 Å². The van der Waals surface area contributed by atoms with Gasteiger partial charge < -0.3 is 9.80 Å². The van der Waals surface area contributed by atoms with E-state index in [1.807, 2.05) is 36.1 Å². The minimum Gasteiger partial charge on any atom is -0.340 e. The summed E-state index contributed by atoms with van der Waals surface area (Å²) >= 11 is 1.54. The number of amides is 1. The molecule has 162 valence electrons. The molecule has 1 amide bonds. The molecule has 0 aliphatic carbocycles. The second kappa shape index (κ2) is 8.12. The summed E-state index contributed by atoms with van der Waals surface area (Å²) in [4.78, 5) is 35.3. The van der Waals surface area contributed by atoms with E-state index < -0.39 is 0 Å². The molecule has 2 aliphatic heterocycles. The lowest BCUT2D eigenvalue weighted by atomic mass is 10.2. The Kier molecular flexibility index (Phi) is 5.31. The van der Waals surface area contributed by atoms with Gasteiger partial charge in [-0.25, -0.2) is 9.67 Å². The number of carbonyl (C=O) groups is 1. The van der Waals surface area contributed by atoms with Crippen LogP contribution in [0.5, 0.6) is 0 Å². The van der Waals surface area contributed by atoms with Gasteiger partial charge in [-0.3, -0.25) is 14.2 Å². The number of hydrogen-bond donors (Lipinski definition) is 0. The number of carbonyl (C=O) groups excluding carboxylic acids is 1. The summed E-state index contributed by atoms with van der Waals surface area (Å²) in [6, 6.07) is 7.80. The van der Waals surface area contributed by atoms with E-state index in [4.69, 9.17) is 4.98 Å². The molecule has 5 rings (SSSR count). The Morgan fingerprint density at radius 1 is 1.23 bits per heavy atom. The molecule has 8 nitrogen and oxygen atoms in total. The second-order valence-electron chi connectivity index (χ2n) is 8.19. The number of fused-ring (bicyclic) bond motifs is 2. The molecule has 3 aromatic rings. The number of rotatable bonds is 4. The molecule has 4 heterocycles. The van der Waals surface area contributed by atoms with Crippen molar-refractivity contribution in [2.24, 2.45) is 0 Å². The molecule has 31 heavy (non-hydrogen) atoms. The molecular formula is C22H26N6O2S. The largest absolute Gasteiger partial charge is 0.340 e. The van der Waals surface area contributed by atoms with E-state index in [1.165, 1.54) is 11.8 Å². The number of piperazine rings is 1. The van der Waals surface area contributed by atoms with Crippen LogP contribution < -0.4 is 5.56 Å². The summed E-state index contributed by atoms with van der Waals surface area (Å²) in [7, 11) is 0. The fourth-order valence-corrected chi connectivity index (χ4v) is 5.50. The minimum atomic E-state index is -0.163. The SMILES string of the molecule is CCN1CCN(C(=O)C[C@H]2CSc3nc4c(cnn4-c4cccc(C)c4)c(=O)n32)CC1. The molecule has 0 spiro atoms. The van der Waals surface area contributed by atoms with Crippen molar-refractivity contribution in [3.63, 3.8) is 0 Å². The van der Waals surface area contributed by atoms with Crippen LogP contribution >= 0.6 is 11.8 Å². The first-order valence-corrected chi connectivity index (χ1v) is 11.7. The van der Waals surface area contributed by atoms with Gasteiger partial charge in [-0.1, -0.05) is 30.8 Å². The molecule has 0 saturated carbocycles. The Morgan fingerprint density at radius 2 is 2.03 bits per heavy atom. The van der Waals surface area contributed by atoms with Crippen LogP contribution in [0.4, 0.5) is 0 Å². The topological polar surface area (TPSA) is 76.3 Å². The highest BCUT2D eigenvalue weighted by Gasteiger charge is 2.31. The zero-order chi connectivity index (χ0) is 21.5. The Morgan fingerprint density at radius 3 is 2.77 bits per heavy atom. The molecule has 0 N–H and O–H groups in total. The summed E-state index contributed by atoms with van der Waals surface area (Å²) in [5.41, 5.74) is 2.45.